The lowest BCUT2D eigenvalue weighted by Gasteiger charge is -2.18. The summed E-state index contributed by atoms with van der Waals surface area (Å²) in [6.45, 7) is 0.944. The molecule has 5 heteroatoms. The van der Waals surface area contributed by atoms with Crippen molar-refractivity contribution in [2.75, 3.05) is 6.54 Å². The second-order valence-electron chi connectivity index (χ2n) is 8.77. The summed E-state index contributed by atoms with van der Waals surface area (Å²) in [4.78, 5) is 11.5. The van der Waals surface area contributed by atoms with Gasteiger partial charge in [-0.25, -0.2) is 4.79 Å². The highest BCUT2D eigenvalue weighted by atomic mass is 16.4. The standard InChI is InChI=1S/C28H29N3O2/c1-31-25-15-12-21(26(30-28(32)33)20-10-6-3-7-11-20)18-23(25)22-13-14-24(27(22)31)29-17-16-19-8-4-2-5-9-19/h2-12,15,18,24,26,29-30H,13-14,16-17H2,1H3,(H,32,33). The third-order valence-electron chi connectivity index (χ3n) is 6.77. The van der Waals surface area contributed by atoms with E-state index in [1.807, 2.05) is 36.4 Å². The maximum atomic E-state index is 11.5. The number of benzene rings is 3. The van der Waals surface area contributed by atoms with Gasteiger partial charge < -0.3 is 20.3 Å². The molecular weight excluding hydrogens is 410 g/mol. The van der Waals surface area contributed by atoms with Gasteiger partial charge in [-0.2, -0.15) is 0 Å². The van der Waals surface area contributed by atoms with E-state index in [1.54, 1.807) is 0 Å². The molecule has 5 rings (SSSR count). The van der Waals surface area contributed by atoms with Crippen molar-refractivity contribution in [2.24, 2.45) is 7.05 Å². The Bertz CT molecular complexity index is 1260. The summed E-state index contributed by atoms with van der Waals surface area (Å²) in [5.74, 6) is 0. The zero-order valence-electron chi connectivity index (χ0n) is 18.8. The first-order valence-electron chi connectivity index (χ1n) is 11.5. The van der Waals surface area contributed by atoms with Gasteiger partial charge in [-0.1, -0.05) is 66.7 Å². The van der Waals surface area contributed by atoms with E-state index in [0.717, 1.165) is 36.9 Å². The highest BCUT2D eigenvalue weighted by Gasteiger charge is 2.29. The molecule has 1 aliphatic carbocycles. The Hall–Kier alpha value is -3.57. The van der Waals surface area contributed by atoms with Gasteiger partial charge >= 0.3 is 6.09 Å². The fourth-order valence-corrected chi connectivity index (χ4v) is 5.23. The van der Waals surface area contributed by atoms with Crippen LogP contribution in [-0.2, 0) is 19.9 Å². The summed E-state index contributed by atoms with van der Waals surface area (Å²) in [5, 5.41) is 17.1. The minimum absolute atomic E-state index is 0.339. The lowest BCUT2D eigenvalue weighted by atomic mass is 9.97. The molecule has 2 unspecified atom stereocenters. The van der Waals surface area contributed by atoms with Crippen LogP contribution in [0, 0.1) is 0 Å². The summed E-state index contributed by atoms with van der Waals surface area (Å²) >= 11 is 0. The smallest absolute Gasteiger partial charge is 0.405 e. The van der Waals surface area contributed by atoms with E-state index in [4.69, 9.17) is 0 Å². The Kier molecular flexibility index (Phi) is 5.88. The van der Waals surface area contributed by atoms with Gasteiger partial charge in [0.05, 0.1) is 6.04 Å². The lowest BCUT2D eigenvalue weighted by Crippen LogP contribution is -2.27. The first-order chi connectivity index (χ1) is 16.1. The van der Waals surface area contributed by atoms with E-state index in [1.165, 1.54) is 27.7 Å². The van der Waals surface area contributed by atoms with Crippen LogP contribution < -0.4 is 10.6 Å². The van der Waals surface area contributed by atoms with Gasteiger partial charge in [0.2, 0.25) is 0 Å². The molecule has 4 aromatic rings. The van der Waals surface area contributed by atoms with Gasteiger partial charge in [-0.05, 0) is 60.2 Å². The highest BCUT2D eigenvalue weighted by Crippen LogP contribution is 2.39. The molecule has 0 radical (unpaired) electrons. The van der Waals surface area contributed by atoms with Crippen LogP contribution in [0.2, 0.25) is 0 Å². The first-order valence-corrected chi connectivity index (χ1v) is 11.5. The Labute approximate surface area is 194 Å². The van der Waals surface area contributed by atoms with Gasteiger partial charge in [0.15, 0.2) is 0 Å². The Morgan fingerprint density at radius 1 is 1.03 bits per heavy atom. The van der Waals surface area contributed by atoms with E-state index in [9.17, 15) is 9.90 Å². The quantitative estimate of drug-likeness (QED) is 0.363. The van der Waals surface area contributed by atoms with Crippen molar-refractivity contribution >= 4 is 17.0 Å². The van der Waals surface area contributed by atoms with Gasteiger partial charge in [0.25, 0.3) is 0 Å². The number of carboxylic acid groups (broad SMARTS) is 1. The first kappa shape index (κ1) is 21.3. The summed E-state index contributed by atoms with van der Waals surface area (Å²) in [6, 6.07) is 26.6. The molecule has 0 saturated heterocycles. The SMILES string of the molecule is Cn1c2c(c3cc(C(NC(=O)O)c4ccccc4)ccc31)CCC2NCCc1ccccc1. The van der Waals surface area contributed by atoms with Crippen molar-refractivity contribution in [2.45, 2.75) is 31.3 Å². The molecule has 0 saturated carbocycles. The molecule has 3 N–H and O–H groups in total. The zero-order valence-corrected chi connectivity index (χ0v) is 18.8. The van der Waals surface area contributed by atoms with Gasteiger partial charge in [0, 0.05) is 29.7 Å². The molecule has 0 spiro atoms. The Balaban J connectivity index is 1.43. The molecule has 0 bridgehead atoms. The van der Waals surface area contributed by atoms with E-state index in [2.05, 4.69) is 64.7 Å². The number of amides is 1. The normalized spacial score (nSPS) is 16.0. The third-order valence-corrected chi connectivity index (χ3v) is 6.77. The van der Waals surface area contributed by atoms with Crippen LogP contribution in [0.3, 0.4) is 0 Å². The molecule has 33 heavy (non-hydrogen) atoms. The number of carbonyl (C=O) groups is 1. The average molecular weight is 440 g/mol. The molecule has 5 nitrogen and oxygen atoms in total. The number of rotatable bonds is 7. The van der Waals surface area contributed by atoms with Crippen LogP contribution in [-0.4, -0.2) is 22.3 Å². The van der Waals surface area contributed by atoms with Crippen LogP contribution in [0.25, 0.3) is 10.9 Å². The van der Waals surface area contributed by atoms with Crippen LogP contribution in [0.15, 0.2) is 78.9 Å². The van der Waals surface area contributed by atoms with E-state index >= 15 is 0 Å². The van der Waals surface area contributed by atoms with E-state index < -0.39 is 12.1 Å². The van der Waals surface area contributed by atoms with Crippen molar-refractivity contribution in [3.8, 4) is 0 Å². The summed E-state index contributed by atoms with van der Waals surface area (Å²) < 4.78 is 2.31. The number of nitrogens with zero attached hydrogens (tertiary/aromatic N) is 1. The average Bonchev–Trinajstić information content (AvgIpc) is 3.38. The topological polar surface area (TPSA) is 66.3 Å². The molecule has 2 atom stereocenters. The molecule has 0 fully saturated rings. The van der Waals surface area contributed by atoms with Crippen LogP contribution >= 0.6 is 0 Å². The van der Waals surface area contributed by atoms with Crippen molar-refractivity contribution < 1.29 is 9.90 Å². The molecule has 1 heterocycles. The molecule has 1 aromatic heterocycles. The van der Waals surface area contributed by atoms with Crippen molar-refractivity contribution in [1.82, 2.24) is 15.2 Å². The van der Waals surface area contributed by atoms with Gasteiger partial charge in [0.1, 0.15) is 0 Å². The molecule has 0 aliphatic heterocycles. The van der Waals surface area contributed by atoms with Crippen LogP contribution in [0.4, 0.5) is 4.79 Å². The number of aryl methyl sites for hydroxylation is 2. The van der Waals surface area contributed by atoms with E-state index in [0.29, 0.717) is 6.04 Å². The molecule has 1 aliphatic rings. The molecular formula is C28H29N3O2. The van der Waals surface area contributed by atoms with Gasteiger partial charge in [-0.15, -0.1) is 0 Å². The Morgan fingerprint density at radius 2 is 1.76 bits per heavy atom. The Morgan fingerprint density at radius 3 is 2.48 bits per heavy atom. The van der Waals surface area contributed by atoms with Crippen LogP contribution in [0.1, 0.15) is 46.5 Å². The van der Waals surface area contributed by atoms with Crippen molar-refractivity contribution in [3.05, 3.63) is 107 Å². The molecule has 3 aromatic carbocycles. The summed E-state index contributed by atoms with van der Waals surface area (Å²) in [7, 11) is 2.14. The predicted molar refractivity (Wildman–Crippen MR) is 132 cm³/mol. The van der Waals surface area contributed by atoms with E-state index in [-0.39, 0.29) is 0 Å². The maximum absolute atomic E-state index is 11.5. The lowest BCUT2D eigenvalue weighted by molar-refractivity contribution is 0.191. The largest absolute Gasteiger partial charge is 0.465 e. The predicted octanol–water partition coefficient (Wildman–Crippen LogP) is 5.35. The van der Waals surface area contributed by atoms with Gasteiger partial charge in [-0.3, -0.25) is 0 Å². The number of hydrogen-bond acceptors (Lipinski definition) is 2. The number of fused-ring (bicyclic) bond motifs is 3. The third kappa shape index (κ3) is 4.24. The highest BCUT2D eigenvalue weighted by molar-refractivity contribution is 5.87. The fraction of sp³-hybridized carbons (Fsp3) is 0.250. The number of aromatic nitrogens is 1. The second kappa shape index (κ2) is 9.12. The van der Waals surface area contributed by atoms with Crippen molar-refractivity contribution in [1.29, 1.82) is 0 Å². The maximum Gasteiger partial charge on any atom is 0.405 e. The monoisotopic (exact) mass is 439 g/mol. The minimum Gasteiger partial charge on any atom is -0.465 e. The molecule has 1 amide bonds. The minimum atomic E-state index is -1.02. The molecule has 168 valence electrons. The number of nitrogens with one attached hydrogen (secondary N) is 2. The second-order valence-corrected chi connectivity index (χ2v) is 8.77. The summed E-state index contributed by atoms with van der Waals surface area (Å²) in [5.41, 5.74) is 7.19. The zero-order chi connectivity index (χ0) is 22.8. The number of hydrogen-bond donors (Lipinski definition) is 3. The fourth-order valence-electron chi connectivity index (χ4n) is 5.23. The summed E-state index contributed by atoms with van der Waals surface area (Å²) in [6.07, 6.45) is 2.11. The van der Waals surface area contributed by atoms with Crippen LogP contribution in [0.5, 0.6) is 0 Å². The van der Waals surface area contributed by atoms with Crippen molar-refractivity contribution in [3.63, 3.8) is 0 Å².